The molecule has 0 unspecified atom stereocenters. The molecular formula is C12H22N2O3. The number of primary amides is 1. The van der Waals surface area contributed by atoms with Crippen molar-refractivity contribution in [2.45, 2.75) is 32.6 Å². The molecule has 98 valence electrons. The maximum absolute atomic E-state index is 11.4. The molecule has 0 aliphatic carbocycles. The van der Waals surface area contributed by atoms with Gasteiger partial charge in [-0.3, -0.25) is 14.5 Å². The molecule has 0 atom stereocenters. The number of unbranched alkanes of at least 4 members (excludes halogenated alkanes) is 1. The minimum absolute atomic E-state index is 0.0256. The highest BCUT2D eigenvalue weighted by atomic mass is 16.5. The number of rotatable bonds is 6. The van der Waals surface area contributed by atoms with Gasteiger partial charge >= 0.3 is 5.97 Å². The average Bonchev–Trinajstić information content (AvgIpc) is 2.30. The molecule has 5 nitrogen and oxygen atoms in total. The highest BCUT2D eigenvalue weighted by Gasteiger charge is 2.24. The van der Waals surface area contributed by atoms with E-state index in [-0.39, 0.29) is 17.8 Å². The van der Waals surface area contributed by atoms with Crippen LogP contribution in [0.25, 0.3) is 0 Å². The van der Waals surface area contributed by atoms with Gasteiger partial charge in [-0.1, -0.05) is 13.3 Å². The monoisotopic (exact) mass is 242 g/mol. The summed E-state index contributed by atoms with van der Waals surface area (Å²) >= 11 is 0. The topological polar surface area (TPSA) is 72.6 Å². The SMILES string of the molecule is CCCCOC(=O)CN1CCC(C(N)=O)CC1. The van der Waals surface area contributed by atoms with Gasteiger partial charge in [0.1, 0.15) is 0 Å². The lowest BCUT2D eigenvalue weighted by atomic mass is 9.96. The summed E-state index contributed by atoms with van der Waals surface area (Å²) < 4.78 is 5.09. The molecule has 1 heterocycles. The molecule has 2 N–H and O–H groups in total. The largest absolute Gasteiger partial charge is 0.465 e. The summed E-state index contributed by atoms with van der Waals surface area (Å²) in [5.74, 6) is -0.423. The van der Waals surface area contributed by atoms with Crippen molar-refractivity contribution in [2.75, 3.05) is 26.2 Å². The minimum atomic E-state index is -0.227. The number of amides is 1. The fourth-order valence-electron chi connectivity index (χ4n) is 1.93. The van der Waals surface area contributed by atoms with Crippen LogP contribution in [0.3, 0.4) is 0 Å². The van der Waals surface area contributed by atoms with Crippen LogP contribution in [-0.4, -0.2) is 43.0 Å². The lowest BCUT2D eigenvalue weighted by molar-refractivity contribution is -0.145. The Kier molecular flexibility index (Phi) is 5.97. The number of carbonyl (C=O) groups is 2. The van der Waals surface area contributed by atoms with Gasteiger partial charge in [-0.25, -0.2) is 0 Å². The number of nitrogens with zero attached hydrogens (tertiary/aromatic N) is 1. The molecular weight excluding hydrogens is 220 g/mol. The van der Waals surface area contributed by atoms with Gasteiger partial charge in [0.15, 0.2) is 0 Å². The zero-order valence-electron chi connectivity index (χ0n) is 10.5. The second-order valence-corrected chi connectivity index (χ2v) is 4.53. The third-order valence-electron chi connectivity index (χ3n) is 3.10. The molecule has 1 rings (SSSR count). The first kappa shape index (κ1) is 14.0. The number of piperidine rings is 1. The van der Waals surface area contributed by atoms with E-state index in [1.54, 1.807) is 0 Å². The first-order chi connectivity index (χ1) is 8.13. The Balaban J connectivity index is 2.17. The summed E-state index contributed by atoms with van der Waals surface area (Å²) in [4.78, 5) is 24.4. The molecule has 5 heteroatoms. The maximum atomic E-state index is 11.4. The summed E-state index contributed by atoms with van der Waals surface area (Å²) in [6.45, 7) is 4.39. The van der Waals surface area contributed by atoms with Crippen LogP contribution in [0.4, 0.5) is 0 Å². The van der Waals surface area contributed by atoms with Crippen LogP contribution in [0, 0.1) is 5.92 Å². The fraction of sp³-hybridized carbons (Fsp3) is 0.833. The van der Waals surface area contributed by atoms with Gasteiger partial charge in [-0.15, -0.1) is 0 Å². The van der Waals surface area contributed by atoms with Crippen LogP contribution in [0.15, 0.2) is 0 Å². The molecule has 1 fully saturated rings. The third-order valence-corrected chi connectivity index (χ3v) is 3.10. The van der Waals surface area contributed by atoms with Crippen LogP contribution in [0.1, 0.15) is 32.6 Å². The molecule has 1 aliphatic rings. The first-order valence-corrected chi connectivity index (χ1v) is 6.30. The van der Waals surface area contributed by atoms with Gasteiger partial charge in [-0.2, -0.15) is 0 Å². The summed E-state index contributed by atoms with van der Waals surface area (Å²) in [5.41, 5.74) is 5.25. The van der Waals surface area contributed by atoms with Crippen molar-refractivity contribution in [3.05, 3.63) is 0 Å². The van der Waals surface area contributed by atoms with Crippen LogP contribution < -0.4 is 5.73 Å². The van der Waals surface area contributed by atoms with Crippen molar-refractivity contribution in [3.63, 3.8) is 0 Å². The Morgan fingerprint density at radius 2 is 2.00 bits per heavy atom. The lowest BCUT2D eigenvalue weighted by Crippen LogP contribution is -2.41. The molecule has 1 amide bonds. The predicted octanol–water partition coefficient (Wildman–Crippen LogP) is 0.527. The van der Waals surface area contributed by atoms with E-state index in [9.17, 15) is 9.59 Å². The van der Waals surface area contributed by atoms with E-state index in [2.05, 4.69) is 6.92 Å². The van der Waals surface area contributed by atoms with E-state index >= 15 is 0 Å². The zero-order valence-corrected chi connectivity index (χ0v) is 10.5. The van der Waals surface area contributed by atoms with Crippen molar-refractivity contribution in [1.29, 1.82) is 0 Å². The van der Waals surface area contributed by atoms with Gasteiger partial charge in [0.2, 0.25) is 5.91 Å². The molecule has 0 aromatic rings. The molecule has 1 saturated heterocycles. The van der Waals surface area contributed by atoms with Gasteiger partial charge < -0.3 is 10.5 Å². The van der Waals surface area contributed by atoms with E-state index in [1.807, 2.05) is 4.90 Å². The van der Waals surface area contributed by atoms with Gasteiger partial charge in [-0.05, 0) is 32.4 Å². The van der Waals surface area contributed by atoms with E-state index in [0.29, 0.717) is 13.2 Å². The number of hydrogen-bond acceptors (Lipinski definition) is 4. The Hall–Kier alpha value is -1.10. The quantitative estimate of drug-likeness (QED) is 0.544. The van der Waals surface area contributed by atoms with Crippen LogP contribution in [0.5, 0.6) is 0 Å². The Morgan fingerprint density at radius 1 is 1.35 bits per heavy atom. The number of hydrogen-bond donors (Lipinski definition) is 1. The van der Waals surface area contributed by atoms with E-state index in [1.165, 1.54) is 0 Å². The number of nitrogens with two attached hydrogens (primary N) is 1. The first-order valence-electron chi connectivity index (χ1n) is 6.30. The van der Waals surface area contributed by atoms with Gasteiger partial charge in [0.25, 0.3) is 0 Å². The third kappa shape index (κ3) is 5.17. The number of likely N-dealkylation sites (tertiary alicyclic amines) is 1. The molecule has 0 bridgehead atoms. The zero-order chi connectivity index (χ0) is 12.7. The van der Waals surface area contributed by atoms with Crippen LogP contribution in [0.2, 0.25) is 0 Å². The maximum Gasteiger partial charge on any atom is 0.320 e. The summed E-state index contributed by atoms with van der Waals surface area (Å²) in [5, 5.41) is 0. The summed E-state index contributed by atoms with van der Waals surface area (Å²) in [6.07, 6.45) is 3.43. The van der Waals surface area contributed by atoms with E-state index in [4.69, 9.17) is 10.5 Å². The number of carbonyl (C=O) groups excluding carboxylic acids is 2. The van der Waals surface area contributed by atoms with Crippen molar-refractivity contribution in [3.8, 4) is 0 Å². The number of ether oxygens (including phenoxy) is 1. The molecule has 0 aromatic heterocycles. The van der Waals surface area contributed by atoms with Crippen molar-refractivity contribution < 1.29 is 14.3 Å². The summed E-state index contributed by atoms with van der Waals surface area (Å²) in [6, 6.07) is 0. The molecule has 0 spiro atoms. The van der Waals surface area contributed by atoms with Crippen molar-refractivity contribution >= 4 is 11.9 Å². The molecule has 17 heavy (non-hydrogen) atoms. The molecule has 0 aromatic carbocycles. The van der Waals surface area contributed by atoms with Crippen LogP contribution >= 0.6 is 0 Å². The standard InChI is InChI=1S/C12H22N2O3/c1-2-3-8-17-11(15)9-14-6-4-10(5-7-14)12(13)16/h10H,2-9H2,1H3,(H2,13,16). The summed E-state index contributed by atoms with van der Waals surface area (Å²) in [7, 11) is 0. The highest BCUT2D eigenvalue weighted by molar-refractivity contribution is 5.76. The second-order valence-electron chi connectivity index (χ2n) is 4.53. The van der Waals surface area contributed by atoms with Crippen LogP contribution in [-0.2, 0) is 14.3 Å². The Bertz CT molecular complexity index is 260. The van der Waals surface area contributed by atoms with E-state index < -0.39 is 0 Å². The predicted molar refractivity (Wildman–Crippen MR) is 64.2 cm³/mol. The van der Waals surface area contributed by atoms with Crippen molar-refractivity contribution in [2.24, 2.45) is 11.7 Å². The van der Waals surface area contributed by atoms with E-state index in [0.717, 1.165) is 38.8 Å². The smallest absolute Gasteiger partial charge is 0.320 e. The fourth-order valence-corrected chi connectivity index (χ4v) is 1.93. The second kappa shape index (κ2) is 7.27. The molecule has 0 saturated carbocycles. The lowest BCUT2D eigenvalue weighted by Gasteiger charge is -2.29. The average molecular weight is 242 g/mol. The normalized spacial score (nSPS) is 17.9. The van der Waals surface area contributed by atoms with Gasteiger partial charge in [0, 0.05) is 5.92 Å². The minimum Gasteiger partial charge on any atom is -0.465 e. The van der Waals surface area contributed by atoms with Crippen molar-refractivity contribution in [1.82, 2.24) is 4.90 Å². The molecule has 0 radical (unpaired) electrons. The molecule has 1 aliphatic heterocycles. The van der Waals surface area contributed by atoms with Gasteiger partial charge in [0.05, 0.1) is 13.2 Å². The number of esters is 1. The highest BCUT2D eigenvalue weighted by Crippen LogP contribution is 2.16. The Morgan fingerprint density at radius 3 is 2.53 bits per heavy atom. The Labute approximate surface area is 102 Å².